The first-order valence-electron chi connectivity index (χ1n) is 6.86. The van der Waals surface area contributed by atoms with Gasteiger partial charge in [-0.1, -0.05) is 17.7 Å². The number of hydrogen-bond acceptors (Lipinski definition) is 2. The van der Waals surface area contributed by atoms with Gasteiger partial charge in [-0.3, -0.25) is 0 Å². The molecule has 0 aliphatic carbocycles. The average molecular weight is 266 g/mol. The third kappa shape index (κ3) is 1.92. The summed E-state index contributed by atoms with van der Waals surface area (Å²) in [6.45, 7) is 2.35. The number of aliphatic hydroxyl groups excluding tert-OH is 1. The summed E-state index contributed by atoms with van der Waals surface area (Å²) < 4.78 is 0. The van der Waals surface area contributed by atoms with Gasteiger partial charge in [0.15, 0.2) is 0 Å². The molecule has 18 heavy (non-hydrogen) atoms. The van der Waals surface area contributed by atoms with Gasteiger partial charge in [-0.2, -0.15) is 0 Å². The molecule has 0 saturated carbocycles. The summed E-state index contributed by atoms with van der Waals surface area (Å²) in [4.78, 5) is 2.51. The number of rotatable bonds is 2. The molecule has 2 aliphatic heterocycles. The second kappa shape index (κ2) is 4.75. The maximum atomic E-state index is 9.52. The van der Waals surface area contributed by atoms with E-state index in [1.165, 1.54) is 31.4 Å². The van der Waals surface area contributed by atoms with Gasteiger partial charge >= 0.3 is 0 Å². The summed E-state index contributed by atoms with van der Waals surface area (Å²) in [5, 5.41) is 10.4. The fourth-order valence-electron chi connectivity index (χ4n) is 3.61. The van der Waals surface area contributed by atoms with Crippen molar-refractivity contribution in [3.63, 3.8) is 0 Å². The highest BCUT2D eigenvalue weighted by molar-refractivity contribution is 6.31. The Bertz CT molecular complexity index is 448. The number of halogens is 1. The number of nitrogens with zero attached hydrogens (tertiary/aromatic N) is 1. The van der Waals surface area contributed by atoms with Crippen LogP contribution in [0.3, 0.4) is 0 Å². The first-order chi connectivity index (χ1) is 8.70. The Morgan fingerprint density at radius 1 is 1.28 bits per heavy atom. The molecule has 2 saturated heterocycles. The lowest BCUT2D eigenvalue weighted by atomic mass is 9.90. The Balaban J connectivity index is 1.93. The van der Waals surface area contributed by atoms with E-state index in [0.717, 1.165) is 10.6 Å². The number of fused-ring (bicyclic) bond motifs is 2. The molecule has 2 unspecified atom stereocenters. The zero-order chi connectivity index (χ0) is 12.7. The second-order valence-corrected chi connectivity index (χ2v) is 6.07. The van der Waals surface area contributed by atoms with Gasteiger partial charge < -0.3 is 10.0 Å². The van der Waals surface area contributed by atoms with Crippen molar-refractivity contribution in [3.8, 4) is 0 Å². The van der Waals surface area contributed by atoms with Crippen LogP contribution >= 0.6 is 11.6 Å². The molecular formula is C15H20ClNO. The average Bonchev–Trinajstić information content (AvgIpc) is 2.67. The fourth-order valence-corrected chi connectivity index (χ4v) is 3.79. The van der Waals surface area contributed by atoms with Gasteiger partial charge in [0.05, 0.1) is 0 Å². The molecule has 98 valence electrons. The van der Waals surface area contributed by atoms with Crippen LogP contribution in [0.1, 0.15) is 31.2 Å². The predicted molar refractivity (Wildman–Crippen MR) is 75.3 cm³/mol. The van der Waals surface area contributed by atoms with Gasteiger partial charge in [0, 0.05) is 35.3 Å². The number of aryl methyl sites for hydroxylation is 1. The van der Waals surface area contributed by atoms with Gasteiger partial charge in [0.2, 0.25) is 0 Å². The lowest BCUT2D eigenvalue weighted by Gasteiger charge is -2.41. The summed E-state index contributed by atoms with van der Waals surface area (Å²) >= 11 is 6.24. The highest BCUT2D eigenvalue weighted by Crippen LogP contribution is 2.42. The number of anilines is 1. The first kappa shape index (κ1) is 12.3. The molecule has 3 rings (SSSR count). The van der Waals surface area contributed by atoms with Crippen molar-refractivity contribution in [3.05, 3.63) is 28.8 Å². The summed E-state index contributed by atoms with van der Waals surface area (Å²) in [7, 11) is 0. The van der Waals surface area contributed by atoms with Crippen LogP contribution in [-0.4, -0.2) is 23.8 Å². The summed E-state index contributed by atoms with van der Waals surface area (Å²) in [6, 6.07) is 7.51. The van der Waals surface area contributed by atoms with Crippen LogP contribution in [0, 0.1) is 12.8 Å². The number of piperidine rings is 1. The molecule has 1 aromatic carbocycles. The molecule has 0 amide bonds. The van der Waals surface area contributed by atoms with Crippen molar-refractivity contribution in [2.24, 2.45) is 5.92 Å². The SMILES string of the molecule is Cc1ccc(N2C3CCC2[C@@H](CO)CC3)cc1Cl. The van der Waals surface area contributed by atoms with Gasteiger partial charge in [0.1, 0.15) is 0 Å². The third-order valence-electron chi connectivity index (χ3n) is 4.65. The Morgan fingerprint density at radius 3 is 2.78 bits per heavy atom. The minimum atomic E-state index is 0.313. The van der Waals surface area contributed by atoms with Gasteiger partial charge in [-0.25, -0.2) is 0 Å². The van der Waals surface area contributed by atoms with E-state index in [1.807, 2.05) is 6.92 Å². The van der Waals surface area contributed by atoms with Gasteiger partial charge in [0.25, 0.3) is 0 Å². The highest BCUT2D eigenvalue weighted by Gasteiger charge is 2.41. The topological polar surface area (TPSA) is 23.5 Å². The number of aliphatic hydroxyl groups is 1. The maximum Gasteiger partial charge on any atom is 0.0478 e. The van der Waals surface area contributed by atoms with Crippen molar-refractivity contribution < 1.29 is 5.11 Å². The van der Waals surface area contributed by atoms with Gasteiger partial charge in [-0.15, -0.1) is 0 Å². The van der Waals surface area contributed by atoms with E-state index in [0.29, 0.717) is 24.6 Å². The Labute approximate surface area is 114 Å². The van der Waals surface area contributed by atoms with Crippen LogP contribution in [0.5, 0.6) is 0 Å². The Hall–Kier alpha value is -0.730. The summed E-state index contributed by atoms with van der Waals surface area (Å²) in [5.41, 5.74) is 2.36. The summed E-state index contributed by atoms with van der Waals surface area (Å²) in [5.74, 6) is 0.434. The summed E-state index contributed by atoms with van der Waals surface area (Å²) in [6.07, 6.45) is 4.84. The molecule has 2 aliphatic rings. The van der Waals surface area contributed by atoms with Crippen LogP contribution in [0.25, 0.3) is 0 Å². The van der Waals surface area contributed by atoms with E-state index in [9.17, 15) is 5.11 Å². The first-order valence-corrected chi connectivity index (χ1v) is 7.24. The number of benzene rings is 1. The smallest absolute Gasteiger partial charge is 0.0478 e. The third-order valence-corrected chi connectivity index (χ3v) is 5.06. The number of hydrogen-bond donors (Lipinski definition) is 1. The van der Waals surface area contributed by atoms with E-state index in [4.69, 9.17) is 11.6 Å². The van der Waals surface area contributed by atoms with Crippen molar-refractivity contribution in [2.45, 2.75) is 44.7 Å². The predicted octanol–water partition coefficient (Wildman–Crippen LogP) is 3.39. The van der Waals surface area contributed by atoms with Crippen molar-refractivity contribution in [1.82, 2.24) is 0 Å². The molecule has 0 spiro atoms. The van der Waals surface area contributed by atoms with Crippen molar-refractivity contribution in [1.29, 1.82) is 0 Å². The zero-order valence-corrected chi connectivity index (χ0v) is 11.5. The molecule has 2 fully saturated rings. The lowest BCUT2D eigenvalue weighted by Crippen LogP contribution is -2.46. The molecule has 2 bridgehead atoms. The Morgan fingerprint density at radius 2 is 2.06 bits per heavy atom. The van der Waals surface area contributed by atoms with Crippen LogP contribution in [0.15, 0.2) is 18.2 Å². The van der Waals surface area contributed by atoms with E-state index in [-0.39, 0.29) is 0 Å². The normalized spacial score (nSPS) is 30.8. The molecule has 1 aromatic rings. The van der Waals surface area contributed by atoms with E-state index < -0.39 is 0 Å². The molecule has 0 radical (unpaired) electrons. The van der Waals surface area contributed by atoms with Crippen LogP contribution in [-0.2, 0) is 0 Å². The maximum absolute atomic E-state index is 9.52. The van der Waals surface area contributed by atoms with E-state index in [1.54, 1.807) is 0 Å². The minimum Gasteiger partial charge on any atom is -0.396 e. The molecule has 1 N–H and O–H groups in total. The molecule has 3 heteroatoms. The fraction of sp³-hybridized carbons (Fsp3) is 0.600. The van der Waals surface area contributed by atoms with Crippen LogP contribution in [0.4, 0.5) is 5.69 Å². The standard InChI is InChI=1S/C15H20ClNO/c1-10-2-4-13(8-14(10)16)17-12-5-3-11(9-18)15(17)7-6-12/h2,4,8,11-12,15,18H,3,5-7,9H2,1H3/t11-,12?,15?/m1/s1. The minimum absolute atomic E-state index is 0.313. The molecule has 2 heterocycles. The van der Waals surface area contributed by atoms with Crippen LogP contribution < -0.4 is 4.90 Å². The van der Waals surface area contributed by atoms with E-state index >= 15 is 0 Å². The Kier molecular flexibility index (Phi) is 3.25. The largest absolute Gasteiger partial charge is 0.396 e. The van der Waals surface area contributed by atoms with Crippen molar-refractivity contribution in [2.75, 3.05) is 11.5 Å². The monoisotopic (exact) mass is 265 g/mol. The highest BCUT2D eigenvalue weighted by atomic mass is 35.5. The molecular weight excluding hydrogens is 246 g/mol. The lowest BCUT2D eigenvalue weighted by molar-refractivity contribution is 0.181. The molecule has 2 nitrogen and oxygen atoms in total. The quantitative estimate of drug-likeness (QED) is 0.886. The second-order valence-electron chi connectivity index (χ2n) is 5.66. The van der Waals surface area contributed by atoms with Crippen LogP contribution in [0.2, 0.25) is 5.02 Å². The zero-order valence-electron chi connectivity index (χ0n) is 10.8. The van der Waals surface area contributed by atoms with Gasteiger partial charge in [-0.05, 0) is 50.3 Å². The molecule has 3 atom stereocenters. The molecule has 0 aromatic heterocycles. The van der Waals surface area contributed by atoms with Crippen molar-refractivity contribution >= 4 is 17.3 Å². The van der Waals surface area contributed by atoms with E-state index in [2.05, 4.69) is 23.1 Å².